The van der Waals surface area contributed by atoms with Gasteiger partial charge in [0.25, 0.3) is 0 Å². The Morgan fingerprint density at radius 1 is 1.48 bits per heavy atom. The quantitative estimate of drug-likeness (QED) is 0.128. The molecule has 0 saturated carbocycles. The van der Waals surface area contributed by atoms with Crippen molar-refractivity contribution in [2.45, 2.75) is 26.3 Å². The number of hydrogen-bond donors (Lipinski definition) is 1. The third-order valence-corrected chi connectivity index (χ3v) is 12.6. The van der Waals surface area contributed by atoms with Crippen LogP contribution in [0.1, 0.15) is 20.8 Å². The Morgan fingerprint density at radius 3 is 2.81 bits per heavy atom. The fourth-order valence-corrected chi connectivity index (χ4v) is 11.4. The number of halogens is 2. The molecule has 6 heteroatoms. The van der Waals surface area contributed by atoms with E-state index >= 15 is 0 Å². The predicted octanol–water partition coefficient (Wildman–Crippen LogP) is 5.40. The first kappa shape index (κ1) is 20.8. The molecule has 1 saturated heterocycles. The van der Waals surface area contributed by atoms with Gasteiger partial charge in [0.05, 0.1) is 0 Å². The molecule has 2 atom stereocenters. The first-order chi connectivity index (χ1) is 12.9. The number of fused-ring (bicyclic) bond motifs is 1. The standard InChI is InChI=1S/C21H27ClIN3S/c1-6-25-13-16(9-10-22)23-14(2)21(3,4)26(20(23)27)19-12-15-11-17(24-5)7-8-18(15)19/h7-9,11-13,15,18,24H,2,6,10H2,1,3-5H3/b16-9+,25-13?/t15-,18?/m1/s1. The Kier molecular flexibility index (Phi) is 6.33. The Hall–Kier alpha value is -0.920. The number of hydrogen-bond acceptors (Lipinski definition) is 3. The zero-order chi connectivity index (χ0) is 19.8. The number of aliphatic imine (C=N–C) groups is 1. The van der Waals surface area contributed by atoms with Crippen LogP contribution in [0.5, 0.6) is 0 Å². The minimum atomic E-state index is -1.94. The molecule has 0 aromatic heterocycles. The van der Waals surface area contributed by atoms with Crippen LogP contribution in [0.2, 0.25) is 0 Å². The van der Waals surface area contributed by atoms with E-state index in [1.807, 2.05) is 20.2 Å². The Bertz CT molecular complexity index is 806. The molecule has 0 aromatic carbocycles. The molecule has 0 spiro atoms. The minimum absolute atomic E-state index is 0.176. The van der Waals surface area contributed by atoms with E-state index in [0.29, 0.717) is 17.7 Å². The maximum absolute atomic E-state index is 6.04. The van der Waals surface area contributed by atoms with E-state index in [0.717, 1.165) is 9.54 Å². The Labute approximate surface area is 180 Å². The molecule has 3 aliphatic rings. The van der Waals surface area contributed by atoms with E-state index in [4.69, 9.17) is 23.8 Å². The summed E-state index contributed by atoms with van der Waals surface area (Å²) in [5.74, 6) is 1.32. The van der Waals surface area contributed by atoms with Gasteiger partial charge in [0, 0.05) is 0 Å². The van der Waals surface area contributed by atoms with Crippen molar-refractivity contribution in [1.82, 2.24) is 10.2 Å². The molecule has 1 unspecified atom stereocenters. The van der Waals surface area contributed by atoms with Crippen LogP contribution >= 0.6 is 43.6 Å². The summed E-state index contributed by atoms with van der Waals surface area (Å²) in [4.78, 5) is 6.84. The second kappa shape index (κ2) is 8.21. The van der Waals surface area contributed by atoms with Gasteiger partial charge < -0.3 is 0 Å². The van der Waals surface area contributed by atoms with Crippen molar-refractivity contribution in [1.29, 1.82) is 0 Å². The molecular formula is C21H27ClIN3S. The number of rotatable bonds is 6. The van der Waals surface area contributed by atoms with Crippen LogP contribution in [0.3, 0.4) is 0 Å². The van der Waals surface area contributed by atoms with E-state index in [-0.39, 0.29) is 5.54 Å². The average Bonchev–Trinajstić information content (AvgIpc) is 2.79. The zero-order valence-corrected chi connectivity index (χ0v) is 20.0. The summed E-state index contributed by atoms with van der Waals surface area (Å²) in [6, 6.07) is 0. The number of likely N-dealkylation sites (N-methyl/N-ethyl adjacent to an activating group) is 1. The maximum atomic E-state index is 6.04. The van der Waals surface area contributed by atoms with Crippen molar-refractivity contribution < 1.29 is 0 Å². The second-order valence-corrected chi connectivity index (χ2v) is 13.7. The molecule has 3 nitrogen and oxygen atoms in total. The number of alkyl halides is 1. The van der Waals surface area contributed by atoms with Gasteiger partial charge >= 0.3 is 181 Å². The molecule has 0 radical (unpaired) electrons. The Balaban J connectivity index is 1.95. The van der Waals surface area contributed by atoms with Crippen LogP contribution in [-0.4, -0.2) is 39.1 Å². The van der Waals surface area contributed by atoms with Crippen LogP contribution in [-0.2, 0) is 0 Å². The number of nitrogens with zero attached hydrogens (tertiary/aromatic N) is 2. The molecule has 27 heavy (non-hydrogen) atoms. The summed E-state index contributed by atoms with van der Waals surface area (Å²) in [6.45, 7) is 11.8. The summed E-state index contributed by atoms with van der Waals surface area (Å²) in [6.07, 6.45) is 13.1. The molecule has 0 aromatic rings. The molecule has 1 fully saturated rings. The number of allylic oxidation sites excluding steroid dienone is 6. The van der Waals surface area contributed by atoms with Gasteiger partial charge in [0.1, 0.15) is 0 Å². The zero-order valence-electron chi connectivity index (χ0n) is 16.3. The van der Waals surface area contributed by atoms with Gasteiger partial charge in [0.15, 0.2) is 0 Å². The van der Waals surface area contributed by atoms with Crippen molar-refractivity contribution >= 4 is 52.8 Å². The normalized spacial score (nSPS) is 28.3. The average molecular weight is 516 g/mol. The molecule has 1 N–H and O–H groups in total. The molecule has 0 bridgehead atoms. The van der Waals surface area contributed by atoms with Gasteiger partial charge in [-0.3, -0.25) is 0 Å². The molecule has 1 aliphatic heterocycles. The first-order valence-electron chi connectivity index (χ1n) is 9.15. The molecule has 1 heterocycles. The summed E-state index contributed by atoms with van der Waals surface area (Å²) in [7, 11) is 1.96. The van der Waals surface area contributed by atoms with Crippen molar-refractivity contribution in [3.8, 4) is 0 Å². The van der Waals surface area contributed by atoms with E-state index in [1.54, 1.807) is 0 Å². The van der Waals surface area contributed by atoms with E-state index < -0.39 is 19.8 Å². The second-order valence-electron chi connectivity index (χ2n) is 7.13. The summed E-state index contributed by atoms with van der Waals surface area (Å²) < 4.78 is 3.51. The van der Waals surface area contributed by atoms with Gasteiger partial charge in [-0.25, -0.2) is 0 Å². The van der Waals surface area contributed by atoms with E-state index in [2.05, 4.69) is 66.0 Å². The monoisotopic (exact) mass is 515 g/mol. The molecule has 2 aliphatic carbocycles. The van der Waals surface area contributed by atoms with Gasteiger partial charge in [-0.15, -0.1) is 0 Å². The molecular weight excluding hydrogens is 489 g/mol. The van der Waals surface area contributed by atoms with Crippen LogP contribution < -0.4 is 5.32 Å². The fraction of sp³-hybridized carbons (Fsp3) is 0.429. The van der Waals surface area contributed by atoms with Crippen molar-refractivity contribution in [3.05, 3.63) is 55.5 Å². The Morgan fingerprint density at radius 2 is 2.22 bits per heavy atom. The SMILES string of the molecule is C=C1I(/C(C=NCC)=C/CCl)C(=S)N(C2=C[C@H]3C=C(NC)C=CC23)C1(C)C. The van der Waals surface area contributed by atoms with Gasteiger partial charge in [-0.1, -0.05) is 0 Å². The summed E-state index contributed by atoms with van der Waals surface area (Å²) in [5.41, 5.74) is 2.32. The third kappa shape index (κ3) is 3.58. The molecule has 0 amide bonds. The first-order valence-corrected chi connectivity index (χ1v) is 13.3. The van der Waals surface area contributed by atoms with Crippen molar-refractivity contribution in [2.75, 3.05) is 19.5 Å². The van der Waals surface area contributed by atoms with Crippen LogP contribution in [0.15, 0.2) is 60.5 Å². The fourth-order valence-electron chi connectivity index (χ4n) is 3.56. The van der Waals surface area contributed by atoms with Crippen LogP contribution in [0.4, 0.5) is 0 Å². The number of thiocarbonyl (C=S) groups is 1. The topological polar surface area (TPSA) is 27.6 Å². The van der Waals surface area contributed by atoms with E-state index in [9.17, 15) is 0 Å². The summed E-state index contributed by atoms with van der Waals surface area (Å²) >= 11 is 10.1. The molecule has 146 valence electrons. The van der Waals surface area contributed by atoms with Gasteiger partial charge in [-0.2, -0.15) is 0 Å². The summed E-state index contributed by atoms with van der Waals surface area (Å²) in [5, 5.41) is 3.23. The van der Waals surface area contributed by atoms with Crippen LogP contribution in [0.25, 0.3) is 0 Å². The van der Waals surface area contributed by atoms with Gasteiger partial charge in [0.2, 0.25) is 0 Å². The van der Waals surface area contributed by atoms with Gasteiger partial charge in [-0.05, 0) is 0 Å². The number of nitrogens with one attached hydrogen (secondary N) is 1. The third-order valence-electron chi connectivity index (χ3n) is 5.20. The van der Waals surface area contributed by atoms with E-state index in [1.165, 1.54) is 18.6 Å². The van der Waals surface area contributed by atoms with Crippen molar-refractivity contribution in [3.63, 3.8) is 0 Å². The van der Waals surface area contributed by atoms with Crippen molar-refractivity contribution in [2.24, 2.45) is 16.8 Å². The predicted molar refractivity (Wildman–Crippen MR) is 131 cm³/mol. The molecule has 3 rings (SSSR count). The van der Waals surface area contributed by atoms with Crippen LogP contribution in [0, 0.1) is 11.8 Å².